The van der Waals surface area contributed by atoms with Crippen LogP contribution in [0.3, 0.4) is 0 Å². The molecule has 3 rings (SSSR count). The molecule has 0 aliphatic carbocycles. The van der Waals surface area contributed by atoms with Gasteiger partial charge in [0.1, 0.15) is 0 Å². The zero-order chi connectivity index (χ0) is 16.1. The van der Waals surface area contributed by atoms with Gasteiger partial charge in [0.2, 0.25) is 0 Å². The van der Waals surface area contributed by atoms with E-state index >= 15 is 0 Å². The van der Waals surface area contributed by atoms with E-state index in [1.165, 1.54) is 0 Å². The first kappa shape index (κ1) is 15.0. The third-order valence-electron chi connectivity index (χ3n) is 3.61. The van der Waals surface area contributed by atoms with Crippen LogP contribution in [0, 0.1) is 0 Å². The summed E-state index contributed by atoms with van der Waals surface area (Å²) in [5.41, 5.74) is 3.34. The zero-order valence-corrected chi connectivity index (χ0v) is 12.9. The van der Waals surface area contributed by atoms with Crippen LogP contribution in [-0.4, -0.2) is 20.9 Å². The van der Waals surface area contributed by atoms with Crippen molar-refractivity contribution < 1.29 is 4.79 Å². The van der Waals surface area contributed by atoms with Crippen molar-refractivity contribution in [1.82, 2.24) is 15.0 Å². The standard InChI is InChI=1S/C18H18N4O/c1-2-15-10-6-7-11-16(15)19-18(23)17-13-22(21-20-17)12-14-8-4-3-5-9-14/h3-11,13H,2,12H2,1H3,(H,19,23). The third kappa shape index (κ3) is 3.63. The van der Waals surface area contributed by atoms with Crippen molar-refractivity contribution in [1.29, 1.82) is 0 Å². The Labute approximate surface area is 135 Å². The molecule has 0 radical (unpaired) electrons. The molecule has 0 spiro atoms. The number of hydrogen-bond acceptors (Lipinski definition) is 3. The molecule has 0 saturated carbocycles. The average molecular weight is 306 g/mol. The maximum absolute atomic E-state index is 12.3. The number of amides is 1. The molecule has 1 amide bonds. The SMILES string of the molecule is CCc1ccccc1NC(=O)c1cn(Cc2ccccc2)nn1. The Kier molecular flexibility index (Phi) is 4.47. The van der Waals surface area contributed by atoms with Gasteiger partial charge in [-0.3, -0.25) is 4.79 Å². The molecule has 3 aromatic rings. The van der Waals surface area contributed by atoms with E-state index in [1.54, 1.807) is 10.9 Å². The second kappa shape index (κ2) is 6.87. The predicted molar refractivity (Wildman–Crippen MR) is 89.3 cm³/mol. The molecule has 5 heteroatoms. The summed E-state index contributed by atoms with van der Waals surface area (Å²) in [6.45, 7) is 2.65. The summed E-state index contributed by atoms with van der Waals surface area (Å²) in [4.78, 5) is 12.3. The van der Waals surface area contributed by atoms with E-state index in [-0.39, 0.29) is 5.91 Å². The Balaban J connectivity index is 1.71. The Morgan fingerprint density at radius 3 is 2.61 bits per heavy atom. The van der Waals surface area contributed by atoms with Gasteiger partial charge in [-0.1, -0.05) is 60.7 Å². The number of anilines is 1. The van der Waals surface area contributed by atoms with Crippen molar-refractivity contribution in [3.05, 3.63) is 77.6 Å². The summed E-state index contributed by atoms with van der Waals surface area (Å²) in [7, 11) is 0. The van der Waals surface area contributed by atoms with Crippen LogP contribution >= 0.6 is 0 Å². The van der Waals surface area contributed by atoms with Gasteiger partial charge in [-0.2, -0.15) is 0 Å². The van der Waals surface area contributed by atoms with Gasteiger partial charge in [0, 0.05) is 5.69 Å². The normalized spacial score (nSPS) is 10.5. The zero-order valence-electron chi connectivity index (χ0n) is 12.9. The number of rotatable bonds is 5. The van der Waals surface area contributed by atoms with Crippen LogP contribution in [0.25, 0.3) is 0 Å². The van der Waals surface area contributed by atoms with Crippen molar-refractivity contribution >= 4 is 11.6 Å². The topological polar surface area (TPSA) is 59.8 Å². The van der Waals surface area contributed by atoms with Crippen molar-refractivity contribution in [2.75, 3.05) is 5.32 Å². The molecule has 0 aliphatic rings. The molecule has 1 heterocycles. The van der Waals surface area contributed by atoms with E-state index in [0.29, 0.717) is 12.2 Å². The molecule has 0 atom stereocenters. The van der Waals surface area contributed by atoms with Crippen LogP contribution in [0.5, 0.6) is 0 Å². The van der Waals surface area contributed by atoms with E-state index in [0.717, 1.165) is 23.2 Å². The lowest BCUT2D eigenvalue weighted by Crippen LogP contribution is -2.13. The van der Waals surface area contributed by atoms with Crippen LogP contribution in [-0.2, 0) is 13.0 Å². The maximum Gasteiger partial charge on any atom is 0.277 e. The average Bonchev–Trinajstić information content (AvgIpc) is 3.05. The fourth-order valence-electron chi connectivity index (χ4n) is 2.39. The second-order valence-corrected chi connectivity index (χ2v) is 5.25. The Hall–Kier alpha value is -2.95. The first-order chi connectivity index (χ1) is 11.3. The molecule has 0 aliphatic heterocycles. The predicted octanol–water partition coefficient (Wildman–Crippen LogP) is 3.14. The minimum Gasteiger partial charge on any atom is -0.320 e. The first-order valence-corrected chi connectivity index (χ1v) is 7.59. The summed E-state index contributed by atoms with van der Waals surface area (Å²) in [5, 5.41) is 10.9. The molecule has 23 heavy (non-hydrogen) atoms. The monoisotopic (exact) mass is 306 g/mol. The van der Waals surface area contributed by atoms with Crippen LogP contribution < -0.4 is 5.32 Å². The van der Waals surface area contributed by atoms with E-state index in [9.17, 15) is 4.79 Å². The van der Waals surface area contributed by atoms with Gasteiger partial charge in [0.25, 0.3) is 5.91 Å². The summed E-state index contributed by atoms with van der Waals surface area (Å²) in [5.74, 6) is -0.245. The molecule has 2 aromatic carbocycles. The van der Waals surface area contributed by atoms with E-state index in [4.69, 9.17) is 0 Å². The molecule has 0 saturated heterocycles. The van der Waals surface area contributed by atoms with Gasteiger partial charge in [-0.25, -0.2) is 4.68 Å². The minimum absolute atomic E-state index is 0.245. The van der Waals surface area contributed by atoms with Gasteiger partial charge >= 0.3 is 0 Å². The fraction of sp³-hybridized carbons (Fsp3) is 0.167. The van der Waals surface area contributed by atoms with E-state index in [2.05, 4.69) is 22.6 Å². The van der Waals surface area contributed by atoms with Crippen LogP contribution in [0.1, 0.15) is 28.5 Å². The lowest BCUT2D eigenvalue weighted by Gasteiger charge is -2.07. The third-order valence-corrected chi connectivity index (χ3v) is 3.61. The number of nitrogens with one attached hydrogen (secondary N) is 1. The smallest absolute Gasteiger partial charge is 0.277 e. The summed E-state index contributed by atoms with van der Waals surface area (Å²) < 4.78 is 1.66. The highest BCUT2D eigenvalue weighted by Gasteiger charge is 2.12. The molecule has 5 nitrogen and oxygen atoms in total. The minimum atomic E-state index is -0.245. The Morgan fingerprint density at radius 1 is 1.09 bits per heavy atom. The molecule has 0 fully saturated rings. The number of nitrogens with zero attached hydrogens (tertiary/aromatic N) is 3. The lowest BCUT2D eigenvalue weighted by molar-refractivity contribution is 0.102. The fourth-order valence-corrected chi connectivity index (χ4v) is 2.39. The summed E-state index contributed by atoms with van der Waals surface area (Å²) in [6, 6.07) is 17.7. The van der Waals surface area contributed by atoms with Gasteiger partial charge in [-0.05, 0) is 23.6 Å². The highest BCUT2D eigenvalue weighted by Crippen LogP contribution is 2.16. The molecule has 0 bridgehead atoms. The number of para-hydroxylation sites is 1. The van der Waals surface area contributed by atoms with E-state index < -0.39 is 0 Å². The highest BCUT2D eigenvalue weighted by molar-refractivity contribution is 6.03. The van der Waals surface area contributed by atoms with Crippen molar-refractivity contribution in [3.8, 4) is 0 Å². The van der Waals surface area contributed by atoms with Gasteiger partial charge < -0.3 is 5.32 Å². The van der Waals surface area contributed by atoms with E-state index in [1.807, 2.05) is 54.6 Å². The number of benzene rings is 2. The van der Waals surface area contributed by atoms with Crippen LogP contribution in [0.15, 0.2) is 60.8 Å². The molecule has 1 aromatic heterocycles. The number of aryl methyl sites for hydroxylation is 1. The summed E-state index contributed by atoms with van der Waals surface area (Å²) >= 11 is 0. The van der Waals surface area contributed by atoms with Gasteiger partial charge in [0.15, 0.2) is 5.69 Å². The maximum atomic E-state index is 12.3. The van der Waals surface area contributed by atoms with Crippen molar-refractivity contribution in [2.45, 2.75) is 19.9 Å². The number of carbonyl (C=O) groups excluding carboxylic acids is 1. The Bertz CT molecular complexity index is 796. The van der Waals surface area contributed by atoms with Crippen LogP contribution in [0.2, 0.25) is 0 Å². The molecular formula is C18H18N4O. The first-order valence-electron chi connectivity index (χ1n) is 7.59. The second-order valence-electron chi connectivity index (χ2n) is 5.25. The lowest BCUT2D eigenvalue weighted by atomic mass is 10.1. The van der Waals surface area contributed by atoms with Crippen LogP contribution in [0.4, 0.5) is 5.69 Å². The molecule has 116 valence electrons. The van der Waals surface area contributed by atoms with Gasteiger partial charge in [0.05, 0.1) is 12.7 Å². The number of aromatic nitrogens is 3. The molecule has 1 N–H and O–H groups in total. The number of carbonyl (C=O) groups is 1. The summed E-state index contributed by atoms with van der Waals surface area (Å²) in [6.07, 6.45) is 2.52. The highest BCUT2D eigenvalue weighted by atomic mass is 16.2. The van der Waals surface area contributed by atoms with Crippen molar-refractivity contribution in [3.63, 3.8) is 0 Å². The number of hydrogen-bond donors (Lipinski definition) is 1. The Morgan fingerprint density at radius 2 is 1.83 bits per heavy atom. The van der Waals surface area contributed by atoms with Crippen molar-refractivity contribution in [2.24, 2.45) is 0 Å². The largest absolute Gasteiger partial charge is 0.320 e. The quantitative estimate of drug-likeness (QED) is 0.788. The molecule has 0 unspecified atom stereocenters. The molecular weight excluding hydrogens is 288 g/mol. The van der Waals surface area contributed by atoms with Gasteiger partial charge in [-0.15, -0.1) is 5.10 Å².